The Morgan fingerprint density at radius 2 is 2.07 bits per heavy atom. The van der Waals surface area contributed by atoms with Crippen molar-refractivity contribution in [3.63, 3.8) is 0 Å². The van der Waals surface area contributed by atoms with Crippen LogP contribution in [-0.4, -0.2) is 23.9 Å². The molecule has 0 N–H and O–H groups in total. The Morgan fingerprint density at radius 1 is 1.53 bits per heavy atom. The number of alkyl halides is 4. The van der Waals surface area contributed by atoms with Crippen LogP contribution in [0.5, 0.6) is 0 Å². The number of carbonyl (C=O) groups excluding carboxylic acids is 1. The van der Waals surface area contributed by atoms with Crippen LogP contribution >= 0.6 is 0 Å². The van der Waals surface area contributed by atoms with Gasteiger partial charge in [0.15, 0.2) is 5.60 Å². The molecule has 0 aromatic rings. The monoisotopic (exact) mass is 238 g/mol. The summed E-state index contributed by atoms with van der Waals surface area (Å²) in [4.78, 5) is 11.7. The van der Waals surface area contributed by atoms with Gasteiger partial charge in [-0.3, -0.25) is 0 Å². The molecule has 0 aliphatic heterocycles. The first kappa shape index (κ1) is 4.43. The first-order valence-corrected chi connectivity index (χ1v) is 3.22. The summed E-state index contributed by atoms with van der Waals surface area (Å²) in [5, 5.41) is 0. The molecule has 0 saturated carbocycles. The van der Waals surface area contributed by atoms with Crippen molar-refractivity contribution in [3.8, 4) is 0 Å². The predicted octanol–water partition coefficient (Wildman–Crippen LogP) is 2.78. The van der Waals surface area contributed by atoms with Gasteiger partial charge in [-0.15, -0.1) is 0 Å². The molecule has 0 fully saturated rings. The lowest BCUT2D eigenvalue weighted by Gasteiger charge is -2.32. The van der Waals surface area contributed by atoms with Crippen molar-refractivity contribution in [2.24, 2.45) is 0 Å². The average Bonchev–Trinajstić information content (AvgIpc) is 2.28. The Balaban J connectivity index is 6.67. The van der Waals surface area contributed by atoms with E-state index in [1.807, 2.05) is 0 Å². The van der Waals surface area contributed by atoms with Crippen LogP contribution < -0.4 is 0 Å². The molecule has 0 aromatic heterocycles. The summed E-state index contributed by atoms with van der Waals surface area (Å²) in [6.07, 6.45) is -6.00. The van der Waals surface area contributed by atoms with Gasteiger partial charge in [-0.25, -0.2) is 13.6 Å². The molecular weight excluding hydrogens is 216 g/mol. The average molecular weight is 238 g/mol. The lowest BCUT2D eigenvalue weighted by Crippen LogP contribution is -2.51. The van der Waals surface area contributed by atoms with Crippen LogP contribution in [0, 0.1) is 0 Å². The van der Waals surface area contributed by atoms with Crippen molar-refractivity contribution in [1.29, 1.82) is 0 Å². The van der Waals surface area contributed by atoms with Crippen LogP contribution in [0.3, 0.4) is 0 Å². The highest BCUT2D eigenvalue weighted by molar-refractivity contribution is 5.87. The first-order chi connectivity index (χ1) is 10.5. The molecule has 0 rings (SSSR count). The maximum absolute atomic E-state index is 14.1. The summed E-state index contributed by atoms with van der Waals surface area (Å²) in [7, 11) is 0. The SMILES string of the molecule is [2H]C([2H])([2H])C(=C)C(=O)OC(C([2H])([2H])[2H])(C([2H])([2H])[2H])C(F)(F)C([2H])(F)F. The van der Waals surface area contributed by atoms with Crippen molar-refractivity contribution in [2.75, 3.05) is 0 Å². The second-order valence-electron chi connectivity index (χ2n) is 2.38. The number of rotatable bonds is 4. The third kappa shape index (κ3) is 2.94. The van der Waals surface area contributed by atoms with Gasteiger partial charge >= 0.3 is 18.3 Å². The zero-order valence-electron chi connectivity index (χ0n) is 17.0. The smallest absolute Gasteiger partial charge is 0.345 e. The van der Waals surface area contributed by atoms with E-state index in [9.17, 15) is 22.4 Å². The van der Waals surface area contributed by atoms with E-state index >= 15 is 0 Å². The van der Waals surface area contributed by atoms with Crippen LogP contribution in [0.25, 0.3) is 0 Å². The standard InChI is InChI=1S/C9H12F4O2/c1-5(2)6(14)15-8(3,4)9(12,13)7(10)11/h7H,1H2,2-4H3/i2D3,3D3,4D3,7D. The van der Waals surface area contributed by atoms with Crippen LogP contribution in [0.15, 0.2) is 12.2 Å². The molecule has 6 heteroatoms. The van der Waals surface area contributed by atoms with E-state index in [0.29, 0.717) is 0 Å². The minimum atomic E-state index is -6.25. The van der Waals surface area contributed by atoms with E-state index in [4.69, 9.17) is 13.7 Å². The molecule has 0 aliphatic carbocycles. The molecule has 2 nitrogen and oxygen atoms in total. The van der Waals surface area contributed by atoms with Crippen molar-refractivity contribution < 1.29 is 40.8 Å². The van der Waals surface area contributed by atoms with Gasteiger partial charge in [0, 0.05) is 17.9 Å². The van der Waals surface area contributed by atoms with Crippen LogP contribution in [0.4, 0.5) is 17.6 Å². The number of ether oxygens (including phenoxy) is 1. The predicted molar refractivity (Wildman–Crippen MR) is 45.9 cm³/mol. The Kier molecular flexibility index (Phi) is 1.24. The maximum Gasteiger partial charge on any atom is 0.345 e. The van der Waals surface area contributed by atoms with Crippen molar-refractivity contribution in [2.45, 2.75) is 38.5 Å². The van der Waals surface area contributed by atoms with E-state index < -0.39 is 50.0 Å². The fraction of sp³-hybridized carbons (Fsp3) is 0.667. The second-order valence-corrected chi connectivity index (χ2v) is 2.38. The Bertz CT molecular complexity index is 529. The highest BCUT2D eigenvalue weighted by Gasteiger charge is 2.57. The fourth-order valence-electron chi connectivity index (χ4n) is 0.398. The zero-order chi connectivity index (χ0) is 20.9. The lowest BCUT2D eigenvalue weighted by atomic mass is 10.0. The number of esters is 1. The quantitative estimate of drug-likeness (QED) is 0.427. The Labute approximate surface area is 99.0 Å². The minimum Gasteiger partial charge on any atom is -0.450 e. The van der Waals surface area contributed by atoms with Gasteiger partial charge in [-0.05, 0) is 20.6 Å². The van der Waals surface area contributed by atoms with Crippen molar-refractivity contribution in [1.82, 2.24) is 0 Å². The second kappa shape index (κ2) is 4.20. The van der Waals surface area contributed by atoms with E-state index in [2.05, 4.69) is 11.3 Å². The molecule has 15 heavy (non-hydrogen) atoms. The largest absolute Gasteiger partial charge is 0.450 e. The molecular formula is C9H12F4O2. The van der Waals surface area contributed by atoms with E-state index in [-0.39, 0.29) is 0 Å². The number of hydrogen-bond acceptors (Lipinski definition) is 2. The summed E-state index contributed by atoms with van der Waals surface area (Å²) in [5.74, 6) is -8.71. The van der Waals surface area contributed by atoms with E-state index in [0.717, 1.165) is 0 Å². The number of carbonyl (C=O) groups is 1. The minimum absolute atomic E-state index is 1.62. The van der Waals surface area contributed by atoms with Crippen LogP contribution in [-0.2, 0) is 9.53 Å². The van der Waals surface area contributed by atoms with Gasteiger partial charge in [-0.1, -0.05) is 6.58 Å². The molecule has 0 radical (unpaired) electrons. The summed E-state index contributed by atoms with van der Waals surface area (Å²) in [6.45, 7) is -9.98. The van der Waals surface area contributed by atoms with E-state index in [1.165, 1.54) is 0 Å². The third-order valence-electron chi connectivity index (χ3n) is 1.17. The molecule has 0 bridgehead atoms. The lowest BCUT2D eigenvalue weighted by molar-refractivity contribution is -0.240. The number of hydrogen-bond donors (Lipinski definition) is 0. The van der Waals surface area contributed by atoms with Gasteiger partial charge in [-0.2, -0.15) is 8.78 Å². The molecule has 0 heterocycles. The summed E-state index contributed by atoms with van der Waals surface area (Å²) < 4.78 is 126. The normalized spacial score (nSPS) is 25.9. The highest BCUT2D eigenvalue weighted by Crippen LogP contribution is 2.37. The van der Waals surface area contributed by atoms with Gasteiger partial charge in [0.05, 0.1) is 0 Å². The molecule has 0 aromatic carbocycles. The van der Waals surface area contributed by atoms with Crippen molar-refractivity contribution >= 4 is 5.97 Å². The molecule has 0 spiro atoms. The van der Waals surface area contributed by atoms with Gasteiger partial charge in [0.25, 0.3) is 0 Å². The topological polar surface area (TPSA) is 26.3 Å². The fourth-order valence-corrected chi connectivity index (χ4v) is 0.398. The first-order valence-electron chi connectivity index (χ1n) is 8.22. The molecule has 0 aliphatic rings. The molecule has 0 unspecified atom stereocenters. The zero-order valence-corrected chi connectivity index (χ0v) is 7.04. The maximum atomic E-state index is 14.1. The highest BCUT2D eigenvalue weighted by atomic mass is 19.3. The molecule has 0 amide bonds. The van der Waals surface area contributed by atoms with Crippen molar-refractivity contribution in [3.05, 3.63) is 12.2 Å². The van der Waals surface area contributed by atoms with Gasteiger partial charge < -0.3 is 4.74 Å². The summed E-state index contributed by atoms with van der Waals surface area (Å²) in [6, 6.07) is 0. The van der Waals surface area contributed by atoms with Gasteiger partial charge in [0.1, 0.15) is 1.37 Å². The molecule has 88 valence electrons. The van der Waals surface area contributed by atoms with Crippen LogP contribution in [0.2, 0.25) is 0 Å². The summed E-state index contributed by atoms with van der Waals surface area (Å²) in [5.41, 5.74) is -6.82. The Morgan fingerprint density at radius 3 is 2.40 bits per heavy atom. The van der Waals surface area contributed by atoms with E-state index in [1.54, 1.807) is 0 Å². The Hall–Kier alpha value is -1.07. The molecule has 0 atom stereocenters. The number of halogens is 4. The van der Waals surface area contributed by atoms with Gasteiger partial charge in [0.2, 0.25) is 0 Å². The third-order valence-corrected chi connectivity index (χ3v) is 1.17. The summed E-state index contributed by atoms with van der Waals surface area (Å²) >= 11 is 0. The van der Waals surface area contributed by atoms with Crippen LogP contribution in [0.1, 0.15) is 34.3 Å². The molecule has 0 saturated heterocycles.